The lowest BCUT2D eigenvalue weighted by Gasteiger charge is -2.18. The van der Waals surface area contributed by atoms with Crippen molar-refractivity contribution in [3.8, 4) is 5.88 Å². The molecule has 88 valence electrons. The van der Waals surface area contributed by atoms with E-state index in [4.69, 9.17) is 15.7 Å². The largest absolute Gasteiger partial charge is 0.473 e. The van der Waals surface area contributed by atoms with Crippen molar-refractivity contribution in [2.75, 3.05) is 0 Å². The number of rotatable bonds is 4. The maximum Gasteiger partial charge on any atom is 0.244 e. The van der Waals surface area contributed by atoms with E-state index in [1.807, 2.05) is 20.8 Å². The Balaban J connectivity index is 2.96. The van der Waals surface area contributed by atoms with Crippen molar-refractivity contribution in [2.24, 2.45) is 16.8 Å². The molecule has 1 rings (SSSR count). The third-order valence-electron chi connectivity index (χ3n) is 2.25. The van der Waals surface area contributed by atoms with Gasteiger partial charge in [0.15, 0.2) is 11.5 Å². The summed E-state index contributed by atoms with van der Waals surface area (Å²) in [6.45, 7) is 5.99. The molecule has 6 heteroatoms. The topological polar surface area (TPSA) is 93.6 Å². The molecule has 3 N–H and O–H groups in total. The minimum atomic E-state index is -0.112. The Bertz CT molecular complexity index is 379. The molecule has 1 atom stereocenters. The zero-order valence-electron chi connectivity index (χ0n) is 9.58. The summed E-state index contributed by atoms with van der Waals surface area (Å²) in [5.74, 6) is 0.500. The average Bonchev–Trinajstić information content (AvgIpc) is 2.28. The van der Waals surface area contributed by atoms with Gasteiger partial charge in [0.1, 0.15) is 6.10 Å². The first-order valence-electron chi connectivity index (χ1n) is 5.01. The van der Waals surface area contributed by atoms with Crippen LogP contribution in [0.25, 0.3) is 0 Å². The molecule has 1 unspecified atom stereocenters. The molecule has 0 fully saturated rings. The molecule has 6 nitrogen and oxygen atoms in total. The number of hydrogen-bond donors (Lipinski definition) is 2. The Morgan fingerprint density at radius 1 is 1.38 bits per heavy atom. The third-order valence-corrected chi connectivity index (χ3v) is 2.25. The number of oxime groups is 1. The molecule has 0 bridgehead atoms. The third kappa shape index (κ3) is 2.82. The van der Waals surface area contributed by atoms with Crippen LogP contribution in [0.15, 0.2) is 17.5 Å². The van der Waals surface area contributed by atoms with Crippen molar-refractivity contribution in [3.05, 3.63) is 18.1 Å². The molecule has 0 aromatic carbocycles. The predicted octanol–water partition coefficient (Wildman–Crippen LogP) is 0.994. The standard InChI is InChI=1S/C10H16N4O2/c1-6(2)7(3)16-10-8(9(11)14-15)12-4-5-13-10/h4-7,15H,1-3H3,(H2,11,14). The van der Waals surface area contributed by atoms with Gasteiger partial charge < -0.3 is 15.7 Å². The summed E-state index contributed by atoms with van der Waals surface area (Å²) in [4.78, 5) is 7.97. The van der Waals surface area contributed by atoms with Crippen molar-refractivity contribution >= 4 is 5.84 Å². The highest BCUT2D eigenvalue weighted by Crippen LogP contribution is 2.15. The van der Waals surface area contributed by atoms with E-state index in [1.165, 1.54) is 12.4 Å². The van der Waals surface area contributed by atoms with E-state index < -0.39 is 0 Å². The van der Waals surface area contributed by atoms with Gasteiger partial charge in [-0.15, -0.1) is 0 Å². The molecule has 0 saturated heterocycles. The van der Waals surface area contributed by atoms with Gasteiger partial charge in [0, 0.05) is 12.4 Å². The van der Waals surface area contributed by atoms with Crippen LogP contribution >= 0.6 is 0 Å². The minimum absolute atomic E-state index is 0.0260. The molecular weight excluding hydrogens is 208 g/mol. The normalized spacial score (nSPS) is 13.9. The van der Waals surface area contributed by atoms with Gasteiger partial charge in [-0.25, -0.2) is 9.97 Å². The van der Waals surface area contributed by atoms with Crippen molar-refractivity contribution in [1.82, 2.24) is 9.97 Å². The summed E-state index contributed by atoms with van der Waals surface area (Å²) in [6.07, 6.45) is 2.93. The number of nitrogens with zero attached hydrogens (tertiary/aromatic N) is 3. The molecule has 0 aliphatic carbocycles. The van der Waals surface area contributed by atoms with Gasteiger partial charge in [0.25, 0.3) is 0 Å². The first kappa shape index (κ1) is 12.2. The van der Waals surface area contributed by atoms with Gasteiger partial charge >= 0.3 is 0 Å². The smallest absolute Gasteiger partial charge is 0.244 e. The Hall–Kier alpha value is -1.85. The highest BCUT2D eigenvalue weighted by atomic mass is 16.5. The van der Waals surface area contributed by atoms with E-state index in [1.54, 1.807) is 0 Å². The van der Waals surface area contributed by atoms with Crippen molar-refractivity contribution < 1.29 is 9.94 Å². The summed E-state index contributed by atoms with van der Waals surface area (Å²) < 4.78 is 5.58. The van der Waals surface area contributed by atoms with E-state index >= 15 is 0 Å². The van der Waals surface area contributed by atoms with Gasteiger partial charge in [-0.3, -0.25) is 0 Å². The molecule has 1 aromatic heterocycles. The summed E-state index contributed by atoms with van der Waals surface area (Å²) in [5.41, 5.74) is 5.71. The SMILES string of the molecule is CC(C)C(C)Oc1nccnc1C(N)=NO. The van der Waals surface area contributed by atoms with Crippen LogP contribution in [0.3, 0.4) is 0 Å². The molecule has 0 aliphatic heterocycles. The van der Waals surface area contributed by atoms with Crippen molar-refractivity contribution in [1.29, 1.82) is 0 Å². The van der Waals surface area contributed by atoms with Gasteiger partial charge in [-0.1, -0.05) is 19.0 Å². The fourth-order valence-electron chi connectivity index (χ4n) is 0.947. The Kier molecular flexibility index (Phi) is 4.04. The second-order valence-electron chi connectivity index (χ2n) is 3.76. The monoisotopic (exact) mass is 224 g/mol. The van der Waals surface area contributed by atoms with Crippen LogP contribution < -0.4 is 10.5 Å². The minimum Gasteiger partial charge on any atom is -0.473 e. The fraction of sp³-hybridized carbons (Fsp3) is 0.500. The highest BCUT2D eigenvalue weighted by molar-refractivity contribution is 5.97. The number of hydrogen-bond acceptors (Lipinski definition) is 5. The van der Waals surface area contributed by atoms with Crippen molar-refractivity contribution in [2.45, 2.75) is 26.9 Å². The summed E-state index contributed by atoms with van der Waals surface area (Å²) in [7, 11) is 0. The van der Waals surface area contributed by atoms with Crippen LogP contribution in [0.4, 0.5) is 0 Å². The zero-order valence-corrected chi connectivity index (χ0v) is 9.58. The maximum absolute atomic E-state index is 8.60. The molecular formula is C10H16N4O2. The van der Waals surface area contributed by atoms with Gasteiger partial charge in [0.05, 0.1) is 0 Å². The van der Waals surface area contributed by atoms with Crippen LogP contribution in [0, 0.1) is 5.92 Å². The summed E-state index contributed by atoms with van der Waals surface area (Å²) in [6, 6.07) is 0. The lowest BCUT2D eigenvalue weighted by molar-refractivity contribution is 0.162. The Morgan fingerprint density at radius 3 is 2.56 bits per heavy atom. The number of amidine groups is 1. The number of ether oxygens (including phenoxy) is 1. The molecule has 16 heavy (non-hydrogen) atoms. The van der Waals surface area contributed by atoms with Gasteiger partial charge in [0.2, 0.25) is 5.88 Å². The molecule has 0 amide bonds. The Morgan fingerprint density at radius 2 is 2.00 bits per heavy atom. The van der Waals surface area contributed by atoms with Crippen molar-refractivity contribution in [3.63, 3.8) is 0 Å². The lowest BCUT2D eigenvalue weighted by atomic mass is 10.1. The van der Waals surface area contributed by atoms with Crippen LogP contribution in [0.1, 0.15) is 26.5 Å². The lowest BCUT2D eigenvalue weighted by Crippen LogP contribution is -2.23. The molecule has 1 aromatic rings. The quantitative estimate of drug-likeness (QED) is 0.344. The summed E-state index contributed by atoms with van der Waals surface area (Å²) in [5, 5.41) is 11.5. The van der Waals surface area contributed by atoms with E-state index in [-0.39, 0.29) is 23.5 Å². The second-order valence-corrected chi connectivity index (χ2v) is 3.76. The van der Waals surface area contributed by atoms with Crippen LogP contribution in [0.2, 0.25) is 0 Å². The van der Waals surface area contributed by atoms with E-state index in [2.05, 4.69) is 15.1 Å². The van der Waals surface area contributed by atoms with E-state index in [9.17, 15) is 0 Å². The highest BCUT2D eigenvalue weighted by Gasteiger charge is 2.15. The second kappa shape index (κ2) is 5.29. The first-order chi connectivity index (χ1) is 7.56. The molecule has 0 aliphatic rings. The van der Waals surface area contributed by atoms with Crippen LogP contribution in [-0.4, -0.2) is 27.1 Å². The molecule has 0 saturated carbocycles. The van der Waals surface area contributed by atoms with E-state index in [0.29, 0.717) is 5.92 Å². The number of aromatic nitrogens is 2. The molecule has 0 radical (unpaired) electrons. The maximum atomic E-state index is 8.60. The molecule has 1 heterocycles. The number of nitrogens with two attached hydrogens (primary N) is 1. The van der Waals surface area contributed by atoms with Gasteiger partial charge in [-0.2, -0.15) is 0 Å². The summed E-state index contributed by atoms with van der Waals surface area (Å²) >= 11 is 0. The van der Waals surface area contributed by atoms with Crippen LogP contribution in [-0.2, 0) is 0 Å². The first-order valence-corrected chi connectivity index (χ1v) is 5.01. The fourth-order valence-corrected chi connectivity index (χ4v) is 0.947. The Labute approximate surface area is 94.2 Å². The molecule has 0 spiro atoms. The van der Waals surface area contributed by atoms with E-state index in [0.717, 1.165) is 0 Å². The predicted molar refractivity (Wildman–Crippen MR) is 59.5 cm³/mol. The van der Waals surface area contributed by atoms with Gasteiger partial charge in [-0.05, 0) is 12.8 Å². The average molecular weight is 224 g/mol. The van der Waals surface area contributed by atoms with Crippen LogP contribution in [0.5, 0.6) is 5.88 Å². The zero-order chi connectivity index (χ0) is 12.1.